The van der Waals surface area contributed by atoms with Crippen molar-refractivity contribution >= 4 is 28.4 Å². The number of hydrogen-bond donors (Lipinski definition) is 1. The third-order valence-electron chi connectivity index (χ3n) is 6.22. The van der Waals surface area contributed by atoms with Crippen molar-refractivity contribution in [1.29, 1.82) is 0 Å². The zero-order valence-corrected chi connectivity index (χ0v) is 16.9. The molecule has 8 nitrogen and oxygen atoms in total. The highest BCUT2D eigenvalue weighted by atomic mass is 16.5. The van der Waals surface area contributed by atoms with Gasteiger partial charge in [-0.25, -0.2) is 9.97 Å². The topological polar surface area (TPSA) is 87.2 Å². The van der Waals surface area contributed by atoms with Crippen molar-refractivity contribution in [3.63, 3.8) is 0 Å². The maximum absolute atomic E-state index is 12.9. The van der Waals surface area contributed by atoms with Crippen LogP contribution < -0.4 is 4.90 Å². The molecule has 0 unspecified atom stereocenters. The molecule has 5 rings (SSSR count). The lowest BCUT2D eigenvalue weighted by atomic mass is 9.84. The van der Waals surface area contributed by atoms with Gasteiger partial charge in [-0.3, -0.25) is 9.89 Å². The predicted molar refractivity (Wildman–Crippen MR) is 113 cm³/mol. The second-order valence-electron chi connectivity index (χ2n) is 7.97. The van der Waals surface area contributed by atoms with Crippen molar-refractivity contribution in [2.75, 3.05) is 31.2 Å². The number of carbonyl (C=O) groups excluding carboxylic acids is 1. The third-order valence-corrected chi connectivity index (χ3v) is 6.22. The minimum Gasteiger partial charge on any atom is -0.378 e. The van der Waals surface area contributed by atoms with E-state index in [1.54, 1.807) is 12.4 Å². The summed E-state index contributed by atoms with van der Waals surface area (Å²) in [4.78, 5) is 26.2. The minimum absolute atomic E-state index is 0.0996. The molecule has 0 atom stereocenters. The summed E-state index contributed by atoms with van der Waals surface area (Å²) < 4.78 is 5.39. The summed E-state index contributed by atoms with van der Waals surface area (Å²) in [5.74, 6) is 1.08. The van der Waals surface area contributed by atoms with E-state index in [-0.39, 0.29) is 17.9 Å². The number of carbonyl (C=O) groups is 1. The van der Waals surface area contributed by atoms with Crippen LogP contribution in [-0.4, -0.2) is 63.3 Å². The molecule has 0 spiro atoms. The van der Waals surface area contributed by atoms with Gasteiger partial charge >= 0.3 is 0 Å². The fourth-order valence-corrected chi connectivity index (χ4v) is 4.67. The summed E-state index contributed by atoms with van der Waals surface area (Å²) >= 11 is 0. The summed E-state index contributed by atoms with van der Waals surface area (Å²) in [5.41, 5.74) is 2.04. The van der Waals surface area contributed by atoms with Crippen LogP contribution >= 0.6 is 0 Å². The number of rotatable bonds is 4. The largest absolute Gasteiger partial charge is 0.378 e. The van der Waals surface area contributed by atoms with Gasteiger partial charge in [0.25, 0.3) is 0 Å². The van der Waals surface area contributed by atoms with E-state index in [0.29, 0.717) is 32.3 Å². The van der Waals surface area contributed by atoms with Crippen LogP contribution in [0, 0.1) is 5.92 Å². The lowest BCUT2D eigenvalue weighted by Gasteiger charge is -2.38. The average molecular weight is 406 g/mol. The molecule has 3 heterocycles. The molecule has 0 bridgehead atoms. The monoisotopic (exact) mass is 406 g/mol. The molecule has 1 amide bonds. The van der Waals surface area contributed by atoms with Crippen LogP contribution in [-0.2, 0) is 9.53 Å². The molecule has 8 heteroatoms. The highest BCUT2D eigenvalue weighted by Gasteiger charge is 2.34. The molecule has 2 aliphatic rings. The summed E-state index contributed by atoms with van der Waals surface area (Å²) in [6, 6.07) is 8.21. The lowest BCUT2D eigenvalue weighted by Crippen LogP contribution is -2.45. The second kappa shape index (κ2) is 8.39. The minimum atomic E-state index is 0.0996. The van der Waals surface area contributed by atoms with Crippen LogP contribution in [0.15, 0.2) is 42.9 Å². The van der Waals surface area contributed by atoms with Crippen LogP contribution in [0.25, 0.3) is 10.9 Å². The van der Waals surface area contributed by atoms with Gasteiger partial charge in [0.1, 0.15) is 0 Å². The Kier molecular flexibility index (Phi) is 5.31. The van der Waals surface area contributed by atoms with E-state index in [1.165, 1.54) is 0 Å². The van der Waals surface area contributed by atoms with E-state index < -0.39 is 0 Å². The van der Waals surface area contributed by atoms with Gasteiger partial charge in [0.2, 0.25) is 11.9 Å². The Morgan fingerprint density at radius 1 is 1.07 bits per heavy atom. The second-order valence-corrected chi connectivity index (χ2v) is 7.97. The van der Waals surface area contributed by atoms with Crippen LogP contribution in [0.3, 0.4) is 0 Å². The van der Waals surface area contributed by atoms with Gasteiger partial charge in [0.15, 0.2) is 0 Å². The van der Waals surface area contributed by atoms with Gasteiger partial charge in [0, 0.05) is 42.8 Å². The fraction of sp³-hybridized carbons (Fsp3) is 0.455. The summed E-state index contributed by atoms with van der Waals surface area (Å²) in [7, 11) is 0. The number of hydrogen-bond acceptors (Lipinski definition) is 6. The molecule has 1 aromatic carbocycles. The summed E-state index contributed by atoms with van der Waals surface area (Å²) in [6.45, 7) is 2.72. The molecule has 0 radical (unpaired) electrons. The van der Waals surface area contributed by atoms with Crippen molar-refractivity contribution in [3.8, 4) is 0 Å². The number of benzene rings is 1. The number of nitrogens with zero attached hydrogens (tertiary/aromatic N) is 5. The Labute approximate surface area is 175 Å². The molecule has 30 heavy (non-hydrogen) atoms. The van der Waals surface area contributed by atoms with E-state index >= 15 is 0 Å². The third kappa shape index (κ3) is 3.63. The van der Waals surface area contributed by atoms with E-state index in [1.807, 2.05) is 29.3 Å². The van der Waals surface area contributed by atoms with Crippen molar-refractivity contribution in [2.45, 2.75) is 31.7 Å². The molecule has 1 aliphatic heterocycles. The number of nitrogens with one attached hydrogen (secondary N) is 1. The van der Waals surface area contributed by atoms with Gasteiger partial charge in [-0.15, -0.1) is 0 Å². The van der Waals surface area contributed by atoms with E-state index in [2.05, 4.69) is 31.1 Å². The van der Waals surface area contributed by atoms with Crippen molar-refractivity contribution < 1.29 is 9.53 Å². The van der Waals surface area contributed by atoms with Crippen LogP contribution in [0.1, 0.15) is 25.7 Å². The maximum atomic E-state index is 12.9. The average Bonchev–Trinajstić information content (AvgIpc) is 3.30. The highest BCUT2D eigenvalue weighted by Crippen LogP contribution is 2.37. The SMILES string of the molecule is O=C(C1CCC(N(c2ncccn2)c2cccc3[nH]ncc23)CC1)N1CCOCC1. The normalized spacial score (nSPS) is 22.2. The zero-order chi connectivity index (χ0) is 20.3. The summed E-state index contributed by atoms with van der Waals surface area (Å²) in [6.07, 6.45) is 9.02. The van der Waals surface area contributed by atoms with Crippen LogP contribution in [0.2, 0.25) is 0 Å². The number of anilines is 2. The molecule has 3 aromatic rings. The lowest BCUT2D eigenvalue weighted by molar-refractivity contribution is -0.140. The van der Waals surface area contributed by atoms with Crippen molar-refractivity contribution in [2.24, 2.45) is 5.92 Å². The first kappa shape index (κ1) is 19.0. The quantitative estimate of drug-likeness (QED) is 0.717. The predicted octanol–water partition coefficient (Wildman–Crippen LogP) is 2.91. The van der Waals surface area contributed by atoms with Gasteiger partial charge in [-0.1, -0.05) is 6.07 Å². The molecule has 1 aliphatic carbocycles. The van der Waals surface area contributed by atoms with Gasteiger partial charge in [-0.05, 0) is 43.9 Å². The molecule has 2 fully saturated rings. The zero-order valence-electron chi connectivity index (χ0n) is 16.9. The molecule has 156 valence electrons. The Morgan fingerprint density at radius 2 is 1.83 bits per heavy atom. The van der Waals surface area contributed by atoms with Gasteiger partial charge in [-0.2, -0.15) is 5.10 Å². The Bertz CT molecular complexity index is 993. The molecule has 2 aromatic heterocycles. The number of aromatic nitrogens is 4. The van der Waals surface area contributed by atoms with Gasteiger partial charge in [0.05, 0.1) is 30.6 Å². The molecule has 1 saturated carbocycles. The standard InChI is InChI=1S/C22H26N6O2/c29-21(27-11-13-30-14-12-27)16-5-7-17(8-6-16)28(22-23-9-2-10-24-22)20-4-1-3-19-18(20)15-25-26-19/h1-4,9-10,15-17H,5-8,11-14H2,(H,25,26). The van der Waals surface area contributed by atoms with E-state index in [0.717, 1.165) is 42.3 Å². The van der Waals surface area contributed by atoms with E-state index in [4.69, 9.17) is 4.74 Å². The first-order valence-corrected chi connectivity index (χ1v) is 10.7. The number of morpholine rings is 1. The Morgan fingerprint density at radius 3 is 2.60 bits per heavy atom. The molecule has 1 saturated heterocycles. The molecular weight excluding hydrogens is 380 g/mol. The number of aromatic amines is 1. The first-order chi connectivity index (χ1) is 14.8. The maximum Gasteiger partial charge on any atom is 0.230 e. The Balaban J connectivity index is 1.38. The van der Waals surface area contributed by atoms with Crippen molar-refractivity contribution in [1.82, 2.24) is 25.1 Å². The number of amides is 1. The number of ether oxygens (including phenoxy) is 1. The fourth-order valence-electron chi connectivity index (χ4n) is 4.67. The van der Waals surface area contributed by atoms with Crippen molar-refractivity contribution in [3.05, 3.63) is 42.9 Å². The molecule has 1 N–H and O–H groups in total. The highest BCUT2D eigenvalue weighted by molar-refractivity contribution is 5.93. The Hall–Kier alpha value is -3.00. The summed E-state index contributed by atoms with van der Waals surface area (Å²) in [5, 5.41) is 8.32. The van der Waals surface area contributed by atoms with Crippen LogP contribution in [0.5, 0.6) is 0 Å². The van der Waals surface area contributed by atoms with Gasteiger partial charge < -0.3 is 14.5 Å². The number of H-pyrrole nitrogens is 1. The number of fused-ring (bicyclic) bond motifs is 1. The smallest absolute Gasteiger partial charge is 0.230 e. The first-order valence-electron chi connectivity index (χ1n) is 10.7. The van der Waals surface area contributed by atoms with E-state index in [9.17, 15) is 4.79 Å². The van der Waals surface area contributed by atoms with Crippen LogP contribution in [0.4, 0.5) is 11.6 Å². The molecular formula is C22H26N6O2.